The van der Waals surface area contributed by atoms with Crippen molar-refractivity contribution in [1.82, 2.24) is 0 Å². The third-order valence-electron chi connectivity index (χ3n) is 5.76. The number of halogens is 1. The zero-order valence-corrected chi connectivity index (χ0v) is 18.1. The van der Waals surface area contributed by atoms with E-state index in [4.69, 9.17) is 20.8 Å². The van der Waals surface area contributed by atoms with Crippen LogP contribution < -0.4 is 9.64 Å². The predicted octanol–water partition coefficient (Wildman–Crippen LogP) is 5.19. The summed E-state index contributed by atoms with van der Waals surface area (Å²) < 4.78 is 11.5. The van der Waals surface area contributed by atoms with Crippen molar-refractivity contribution >= 4 is 34.7 Å². The number of hydrogen-bond donors (Lipinski definition) is 1. The summed E-state index contributed by atoms with van der Waals surface area (Å²) in [4.78, 5) is 27.6. The van der Waals surface area contributed by atoms with E-state index in [2.05, 4.69) is 0 Å². The number of aliphatic hydroxyl groups excluding tert-OH is 1. The van der Waals surface area contributed by atoms with Gasteiger partial charge < -0.3 is 14.3 Å². The molecule has 2 aliphatic rings. The highest BCUT2D eigenvalue weighted by Gasteiger charge is 2.48. The van der Waals surface area contributed by atoms with Crippen molar-refractivity contribution in [1.29, 1.82) is 0 Å². The number of amides is 1. The molecule has 1 fully saturated rings. The fourth-order valence-electron chi connectivity index (χ4n) is 4.23. The average Bonchev–Trinajstić information content (AvgIpc) is 3.34. The fraction of sp³-hybridized carbons (Fsp3) is 0.200. The Hall–Kier alpha value is -3.51. The quantitative estimate of drug-likeness (QED) is 0.338. The molecule has 7 heteroatoms. The number of fused-ring (bicyclic) bond motifs is 1. The largest absolute Gasteiger partial charge is 0.507 e. The van der Waals surface area contributed by atoms with E-state index in [1.165, 1.54) is 4.90 Å². The Morgan fingerprint density at radius 2 is 1.88 bits per heavy atom. The first-order valence-corrected chi connectivity index (χ1v) is 10.7. The number of benzene rings is 2. The Morgan fingerprint density at radius 1 is 1.09 bits per heavy atom. The minimum Gasteiger partial charge on any atom is -0.507 e. The summed E-state index contributed by atoms with van der Waals surface area (Å²) in [6.07, 6.45) is 1.69. The van der Waals surface area contributed by atoms with Gasteiger partial charge in [0.25, 0.3) is 11.7 Å². The summed E-state index contributed by atoms with van der Waals surface area (Å²) in [6, 6.07) is 14.5. The molecule has 1 aromatic heterocycles. The maximum absolute atomic E-state index is 13.1. The predicted molar refractivity (Wildman–Crippen MR) is 120 cm³/mol. The number of furan rings is 1. The van der Waals surface area contributed by atoms with E-state index in [0.29, 0.717) is 34.4 Å². The van der Waals surface area contributed by atoms with Crippen LogP contribution in [0.3, 0.4) is 0 Å². The first-order chi connectivity index (χ1) is 15.4. The molecule has 2 aliphatic heterocycles. The zero-order chi connectivity index (χ0) is 22.4. The number of rotatable bonds is 3. The summed E-state index contributed by atoms with van der Waals surface area (Å²) in [6.45, 7) is 2.43. The lowest BCUT2D eigenvalue weighted by Gasteiger charge is -2.23. The van der Waals surface area contributed by atoms with E-state index < -0.39 is 17.7 Å². The molecule has 0 radical (unpaired) electrons. The van der Waals surface area contributed by atoms with Gasteiger partial charge in [-0.3, -0.25) is 14.5 Å². The van der Waals surface area contributed by atoms with Gasteiger partial charge >= 0.3 is 0 Å². The van der Waals surface area contributed by atoms with Crippen molar-refractivity contribution in [3.8, 4) is 5.75 Å². The summed E-state index contributed by atoms with van der Waals surface area (Å²) in [5, 5.41) is 11.7. The first kappa shape index (κ1) is 20.4. The number of nitrogens with zero attached hydrogens (tertiary/aromatic N) is 1. The first-order valence-electron chi connectivity index (χ1n) is 10.3. The second-order valence-corrected chi connectivity index (χ2v) is 8.30. The highest BCUT2D eigenvalue weighted by atomic mass is 35.5. The van der Waals surface area contributed by atoms with Crippen molar-refractivity contribution in [2.24, 2.45) is 0 Å². The molecular weight excluding hydrogens is 430 g/mol. The number of aryl methyl sites for hydroxylation is 2. The lowest BCUT2D eigenvalue weighted by atomic mass is 9.96. The molecule has 1 atom stereocenters. The molecule has 1 unspecified atom stereocenters. The van der Waals surface area contributed by atoms with E-state index in [0.717, 1.165) is 24.2 Å². The van der Waals surface area contributed by atoms with Crippen LogP contribution in [0.5, 0.6) is 5.75 Å². The Labute approximate surface area is 189 Å². The van der Waals surface area contributed by atoms with Gasteiger partial charge in [-0.25, -0.2) is 0 Å². The summed E-state index contributed by atoms with van der Waals surface area (Å²) in [5.41, 5.74) is 1.87. The van der Waals surface area contributed by atoms with Gasteiger partial charge in [0.15, 0.2) is 0 Å². The lowest BCUT2D eigenvalue weighted by molar-refractivity contribution is -0.132. The number of carbonyl (C=O) groups is 2. The molecular formula is C25H20ClNO5. The maximum atomic E-state index is 13.1. The van der Waals surface area contributed by atoms with Gasteiger partial charge in [0.05, 0.1) is 12.2 Å². The molecule has 3 aromatic rings. The molecule has 0 spiro atoms. The molecule has 1 N–H and O–H groups in total. The van der Waals surface area contributed by atoms with Gasteiger partial charge in [-0.15, -0.1) is 0 Å². The highest BCUT2D eigenvalue weighted by Crippen LogP contribution is 2.43. The molecule has 1 amide bonds. The van der Waals surface area contributed by atoms with Crippen LogP contribution in [-0.2, 0) is 16.0 Å². The number of carbonyl (C=O) groups excluding carboxylic acids is 2. The van der Waals surface area contributed by atoms with Crippen LogP contribution in [0.2, 0.25) is 5.02 Å². The molecule has 32 heavy (non-hydrogen) atoms. The van der Waals surface area contributed by atoms with E-state index >= 15 is 0 Å². The average molecular weight is 450 g/mol. The number of ether oxygens (including phenoxy) is 1. The van der Waals surface area contributed by atoms with Crippen LogP contribution in [0.1, 0.15) is 35.1 Å². The highest BCUT2D eigenvalue weighted by molar-refractivity contribution is 6.51. The van der Waals surface area contributed by atoms with E-state index in [9.17, 15) is 14.7 Å². The van der Waals surface area contributed by atoms with Crippen molar-refractivity contribution < 1.29 is 23.8 Å². The molecule has 0 bridgehead atoms. The van der Waals surface area contributed by atoms with Crippen molar-refractivity contribution in [2.45, 2.75) is 25.8 Å². The normalized spacial score (nSPS) is 19.7. The van der Waals surface area contributed by atoms with Gasteiger partial charge in [-0.2, -0.15) is 0 Å². The second-order valence-electron chi connectivity index (χ2n) is 7.87. The van der Waals surface area contributed by atoms with Crippen LogP contribution in [0.25, 0.3) is 5.76 Å². The monoisotopic (exact) mass is 449 g/mol. The molecule has 6 nitrogen and oxygen atoms in total. The zero-order valence-electron chi connectivity index (χ0n) is 17.3. The van der Waals surface area contributed by atoms with Gasteiger partial charge in [-0.1, -0.05) is 11.6 Å². The number of Topliss-reactive ketones (excluding diaryl/α,β-unsaturated/α-hetero) is 1. The summed E-state index contributed by atoms with van der Waals surface area (Å²) >= 11 is 6.01. The van der Waals surface area contributed by atoms with Crippen LogP contribution in [0, 0.1) is 6.92 Å². The third-order valence-corrected chi connectivity index (χ3v) is 6.01. The smallest absolute Gasteiger partial charge is 0.300 e. The van der Waals surface area contributed by atoms with E-state index in [1.54, 1.807) is 55.5 Å². The SMILES string of the molecule is Cc1ccc(C2/C(=C(/O)c3ccc4c(c3)CCCO4)C(=O)C(=O)N2c2ccc(Cl)cc2)o1. The van der Waals surface area contributed by atoms with Crippen molar-refractivity contribution in [3.05, 3.63) is 87.8 Å². The third kappa shape index (κ3) is 3.37. The molecule has 1 saturated heterocycles. The minimum absolute atomic E-state index is 0.0176. The van der Waals surface area contributed by atoms with Gasteiger partial charge in [-0.05, 0) is 79.9 Å². The van der Waals surface area contributed by atoms with Crippen LogP contribution in [0.15, 0.2) is 64.6 Å². The lowest BCUT2D eigenvalue weighted by Crippen LogP contribution is -2.29. The van der Waals surface area contributed by atoms with Gasteiger partial charge in [0.2, 0.25) is 0 Å². The number of ketones is 1. The number of hydrogen-bond acceptors (Lipinski definition) is 5. The summed E-state index contributed by atoms with van der Waals surface area (Å²) in [5.74, 6) is 0.0340. The second kappa shape index (κ2) is 7.88. The Bertz CT molecular complexity index is 1260. The van der Waals surface area contributed by atoms with E-state index in [1.807, 2.05) is 6.07 Å². The van der Waals surface area contributed by atoms with Crippen molar-refractivity contribution in [3.63, 3.8) is 0 Å². The van der Waals surface area contributed by atoms with Crippen LogP contribution in [-0.4, -0.2) is 23.4 Å². The van der Waals surface area contributed by atoms with Crippen molar-refractivity contribution in [2.75, 3.05) is 11.5 Å². The Kier molecular flexibility index (Phi) is 5.02. The van der Waals surface area contributed by atoms with Crippen LogP contribution >= 0.6 is 11.6 Å². The molecule has 2 aromatic carbocycles. The van der Waals surface area contributed by atoms with E-state index in [-0.39, 0.29) is 11.3 Å². The maximum Gasteiger partial charge on any atom is 0.300 e. The number of anilines is 1. The number of aliphatic hydroxyl groups is 1. The Morgan fingerprint density at radius 3 is 2.59 bits per heavy atom. The molecule has 0 saturated carbocycles. The van der Waals surface area contributed by atoms with Gasteiger partial charge in [0, 0.05) is 16.3 Å². The Balaban J connectivity index is 1.68. The van der Waals surface area contributed by atoms with Crippen LogP contribution in [0.4, 0.5) is 5.69 Å². The summed E-state index contributed by atoms with van der Waals surface area (Å²) in [7, 11) is 0. The molecule has 0 aliphatic carbocycles. The minimum atomic E-state index is -0.905. The molecule has 3 heterocycles. The standard InChI is InChI=1S/C25H20ClNO5/c1-14-4-10-20(32-14)22-21(23(28)16-5-11-19-15(13-16)3-2-12-31-19)24(29)25(30)27(22)18-8-6-17(26)7-9-18/h4-11,13,22,28H,2-3,12H2,1H3/b23-21-. The fourth-order valence-corrected chi connectivity index (χ4v) is 4.36. The molecule has 5 rings (SSSR count). The van der Waals surface area contributed by atoms with Gasteiger partial charge in [0.1, 0.15) is 29.1 Å². The topological polar surface area (TPSA) is 80.0 Å². The molecule has 162 valence electrons.